The largest absolute Gasteiger partial charge is 0.322 e. The van der Waals surface area contributed by atoms with Crippen LogP contribution in [0.15, 0.2) is 41.0 Å². The van der Waals surface area contributed by atoms with Gasteiger partial charge >= 0.3 is 0 Å². The van der Waals surface area contributed by atoms with Crippen molar-refractivity contribution in [1.29, 1.82) is 0 Å². The number of halogens is 1. The van der Waals surface area contributed by atoms with Crippen LogP contribution in [0.4, 0.5) is 11.5 Å². The minimum atomic E-state index is -0.259. The molecule has 0 spiro atoms. The number of para-hydroxylation sites is 1. The lowest BCUT2D eigenvalue weighted by atomic mass is 10.0. The third-order valence-electron chi connectivity index (χ3n) is 3.07. The number of hydrazine groups is 1. The minimum absolute atomic E-state index is 0.259. The minimum Gasteiger partial charge on any atom is -0.322 e. The number of amides is 1. The van der Waals surface area contributed by atoms with Gasteiger partial charge < -0.3 is 10.7 Å². The van der Waals surface area contributed by atoms with E-state index in [0.717, 1.165) is 11.3 Å². The molecule has 0 atom stereocenters. The topological polar surface area (TPSA) is 80.0 Å². The third kappa shape index (κ3) is 3.59. The molecule has 0 bridgehead atoms. The molecule has 0 aliphatic carbocycles. The molecular formula is C15H17BrN4O. The number of nitrogens with one attached hydrogen (secondary N) is 2. The standard InChI is InChI=1S/C15H17BrN4O/c1-9(2)11-5-3-4-6-13(11)19-15(21)12-7-10(16)8-18-14(12)20-17/h3-9H,17H2,1-2H3,(H,18,20)(H,19,21). The Balaban J connectivity index is 2.33. The number of aromatic nitrogens is 1. The van der Waals surface area contributed by atoms with E-state index in [1.165, 1.54) is 0 Å². The van der Waals surface area contributed by atoms with E-state index in [2.05, 4.69) is 45.5 Å². The molecule has 1 amide bonds. The number of rotatable bonds is 4. The van der Waals surface area contributed by atoms with E-state index in [1.807, 2.05) is 24.3 Å². The maximum atomic E-state index is 12.5. The van der Waals surface area contributed by atoms with Gasteiger partial charge in [0, 0.05) is 16.4 Å². The van der Waals surface area contributed by atoms with Gasteiger partial charge in [-0.2, -0.15) is 0 Å². The van der Waals surface area contributed by atoms with Crippen LogP contribution in [-0.2, 0) is 0 Å². The van der Waals surface area contributed by atoms with Gasteiger partial charge in [0.25, 0.3) is 5.91 Å². The van der Waals surface area contributed by atoms with Crippen molar-refractivity contribution in [3.63, 3.8) is 0 Å². The second kappa shape index (κ2) is 6.69. The summed E-state index contributed by atoms with van der Waals surface area (Å²) in [4.78, 5) is 16.5. The smallest absolute Gasteiger partial charge is 0.259 e. The number of carbonyl (C=O) groups is 1. The fraction of sp³-hybridized carbons (Fsp3) is 0.200. The van der Waals surface area contributed by atoms with Crippen molar-refractivity contribution in [2.45, 2.75) is 19.8 Å². The van der Waals surface area contributed by atoms with Crippen LogP contribution in [0.1, 0.15) is 35.7 Å². The first-order valence-electron chi connectivity index (χ1n) is 6.55. The Labute approximate surface area is 132 Å². The summed E-state index contributed by atoms with van der Waals surface area (Å²) in [6, 6.07) is 9.41. The first-order chi connectivity index (χ1) is 10.0. The van der Waals surface area contributed by atoms with Gasteiger partial charge in [0.1, 0.15) is 0 Å². The Morgan fingerprint density at radius 2 is 2.05 bits per heavy atom. The highest BCUT2D eigenvalue weighted by Gasteiger charge is 2.15. The molecule has 2 rings (SSSR count). The number of nitrogens with two attached hydrogens (primary N) is 1. The number of hydrogen-bond donors (Lipinski definition) is 3. The van der Waals surface area contributed by atoms with Gasteiger partial charge in [0.05, 0.1) is 5.56 Å². The lowest BCUT2D eigenvalue weighted by molar-refractivity contribution is 0.102. The summed E-state index contributed by atoms with van der Waals surface area (Å²) < 4.78 is 0.712. The SMILES string of the molecule is CC(C)c1ccccc1NC(=O)c1cc(Br)cnc1NN. The highest BCUT2D eigenvalue weighted by Crippen LogP contribution is 2.25. The van der Waals surface area contributed by atoms with Crippen LogP contribution < -0.4 is 16.6 Å². The molecule has 0 aliphatic heterocycles. The van der Waals surface area contributed by atoms with Crippen molar-refractivity contribution >= 4 is 33.3 Å². The first kappa shape index (κ1) is 15.5. The lowest BCUT2D eigenvalue weighted by Crippen LogP contribution is -2.19. The average Bonchev–Trinajstić information content (AvgIpc) is 2.47. The number of carbonyl (C=O) groups excluding carboxylic acids is 1. The molecule has 110 valence electrons. The van der Waals surface area contributed by atoms with Crippen LogP contribution in [-0.4, -0.2) is 10.9 Å². The van der Waals surface area contributed by atoms with Gasteiger partial charge in [-0.1, -0.05) is 32.0 Å². The summed E-state index contributed by atoms with van der Waals surface area (Å²) in [6.07, 6.45) is 1.58. The molecule has 1 aromatic heterocycles. The predicted octanol–water partition coefficient (Wildman–Crippen LogP) is 3.51. The maximum absolute atomic E-state index is 12.5. The third-order valence-corrected chi connectivity index (χ3v) is 3.50. The van der Waals surface area contributed by atoms with E-state index in [-0.39, 0.29) is 5.91 Å². The van der Waals surface area contributed by atoms with Gasteiger partial charge in [-0.05, 0) is 39.5 Å². The van der Waals surface area contributed by atoms with E-state index in [1.54, 1.807) is 12.3 Å². The van der Waals surface area contributed by atoms with E-state index in [9.17, 15) is 4.79 Å². The molecule has 4 N–H and O–H groups in total. The Morgan fingerprint density at radius 1 is 1.33 bits per heavy atom. The number of anilines is 2. The fourth-order valence-electron chi connectivity index (χ4n) is 2.03. The van der Waals surface area contributed by atoms with E-state index >= 15 is 0 Å². The number of benzene rings is 1. The predicted molar refractivity (Wildman–Crippen MR) is 88.2 cm³/mol. The molecule has 0 aliphatic rings. The van der Waals surface area contributed by atoms with Crippen molar-refractivity contribution < 1.29 is 4.79 Å². The average molecular weight is 349 g/mol. The highest BCUT2D eigenvalue weighted by molar-refractivity contribution is 9.10. The Hall–Kier alpha value is -1.92. The second-order valence-electron chi connectivity index (χ2n) is 4.89. The van der Waals surface area contributed by atoms with Crippen molar-refractivity contribution in [1.82, 2.24) is 4.98 Å². The van der Waals surface area contributed by atoms with E-state index in [0.29, 0.717) is 21.8 Å². The van der Waals surface area contributed by atoms with Crippen molar-refractivity contribution in [3.05, 3.63) is 52.1 Å². The number of hydrogen-bond acceptors (Lipinski definition) is 4. The van der Waals surface area contributed by atoms with Crippen molar-refractivity contribution in [2.75, 3.05) is 10.7 Å². The van der Waals surface area contributed by atoms with Crippen LogP contribution in [0.25, 0.3) is 0 Å². The normalized spacial score (nSPS) is 10.5. The second-order valence-corrected chi connectivity index (χ2v) is 5.81. The molecule has 1 aromatic carbocycles. The molecule has 0 fully saturated rings. The molecule has 5 nitrogen and oxygen atoms in total. The zero-order chi connectivity index (χ0) is 15.4. The summed E-state index contributed by atoms with van der Waals surface area (Å²) in [5.74, 6) is 5.79. The van der Waals surface area contributed by atoms with Gasteiger partial charge in [0.15, 0.2) is 5.82 Å². The monoisotopic (exact) mass is 348 g/mol. The van der Waals surface area contributed by atoms with E-state index in [4.69, 9.17) is 5.84 Å². The molecule has 0 saturated carbocycles. The maximum Gasteiger partial charge on any atom is 0.259 e. The van der Waals surface area contributed by atoms with Crippen molar-refractivity contribution in [3.8, 4) is 0 Å². The summed E-state index contributed by atoms with van der Waals surface area (Å²) in [5, 5.41) is 2.91. The molecule has 0 saturated heterocycles. The number of nitrogen functional groups attached to an aromatic ring is 1. The summed E-state index contributed by atoms with van der Waals surface area (Å²) in [5.41, 5.74) is 4.69. The lowest BCUT2D eigenvalue weighted by Gasteiger charge is -2.14. The Kier molecular flexibility index (Phi) is 4.93. The van der Waals surface area contributed by atoms with Crippen LogP contribution in [0, 0.1) is 0 Å². The zero-order valence-electron chi connectivity index (χ0n) is 11.9. The number of pyridine rings is 1. The first-order valence-corrected chi connectivity index (χ1v) is 7.34. The fourth-order valence-corrected chi connectivity index (χ4v) is 2.36. The summed E-state index contributed by atoms with van der Waals surface area (Å²) in [6.45, 7) is 4.16. The van der Waals surface area contributed by atoms with Crippen LogP contribution in [0.5, 0.6) is 0 Å². The van der Waals surface area contributed by atoms with Gasteiger partial charge in [-0.3, -0.25) is 4.79 Å². The van der Waals surface area contributed by atoms with Gasteiger partial charge in [-0.15, -0.1) is 0 Å². The molecule has 0 radical (unpaired) electrons. The molecular weight excluding hydrogens is 332 g/mol. The molecule has 21 heavy (non-hydrogen) atoms. The summed E-state index contributed by atoms with van der Waals surface area (Å²) >= 11 is 3.31. The quantitative estimate of drug-likeness (QED) is 0.583. The summed E-state index contributed by atoms with van der Waals surface area (Å²) in [7, 11) is 0. The van der Waals surface area contributed by atoms with Gasteiger partial charge in [-0.25, -0.2) is 10.8 Å². The zero-order valence-corrected chi connectivity index (χ0v) is 13.4. The Bertz CT molecular complexity index is 658. The molecule has 1 heterocycles. The van der Waals surface area contributed by atoms with Crippen LogP contribution in [0.3, 0.4) is 0 Å². The van der Waals surface area contributed by atoms with Crippen LogP contribution in [0.2, 0.25) is 0 Å². The number of nitrogens with zero attached hydrogens (tertiary/aromatic N) is 1. The van der Waals surface area contributed by atoms with Gasteiger partial charge in [0.2, 0.25) is 0 Å². The Morgan fingerprint density at radius 3 is 2.71 bits per heavy atom. The van der Waals surface area contributed by atoms with Crippen LogP contribution >= 0.6 is 15.9 Å². The molecule has 2 aromatic rings. The molecule has 6 heteroatoms. The van der Waals surface area contributed by atoms with Crippen molar-refractivity contribution in [2.24, 2.45) is 5.84 Å². The molecule has 0 unspecified atom stereocenters. The van der Waals surface area contributed by atoms with E-state index < -0.39 is 0 Å². The highest BCUT2D eigenvalue weighted by atomic mass is 79.9.